The molecule has 13 heavy (non-hydrogen) atoms. The van der Waals surface area contributed by atoms with Gasteiger partial charge in [-0.2, -0.15) is 0 Å². The molecule has 0 radical (unpaired) electrons. The van der Waals surface area contributed by atoms with Crippen molar-refractivity contribution in [1.29, 1.82) is 5.41 Å². The molecule has 0 bridgehead atoms. The van der Waals surface area contributed by atoms with Crippen LogP contribution in [0.15, 0.2) is 24.3 Å². The molecule has 0 saturated carbocycles. The second-order valence-corrected chi connectivity index (χ2v) is 2.18. The van der Waals surface area contributed by atoms with Gasteiger partial charge in [-0.3, -0.25) is 0 Å². The molecular weight excluding hydrogens is 181 g/mol. The van der Waals surface area contributed by atoms with Gasteiger partial charge >= 0.3 is 35.5 Å². The van der Waals surface area contributed by atoms with Crippen molar-refractivity contribution in [1.82, 2.24) is 0 Å². The van der Waals surface area contributed by atoms with Crippen LogP contribution >= 0.6 is 0 Å². The molecule has 0 aromatic heterocycles. The second-order valence-electron chi connectivity index (χ2n) is 2.18. The molecule has 0 aliphatic heterocycles. The fourth-order valence-electron chi connectivity index (χ4n) is 0.868. The third kappa shape index (κ3) is 2.84. The summed E-state index contributed by atoms with van der Waals surface area (Å²) in [5.74, 6) is -2.17. The Kier molecular flexibility index (Phi) is 4.69. The fourth-order valence-corrected chi connectivity index (χ4v) is 0.868. The van der Waals surface area contributed by atoms with Crippen LogP contribution < -0.4 is 34.7 Å². The number of carbonyl (C=O) groups is 1. The molecule has 5 heteroatoms. The summed E-state index contributed by atoms with van der Waals surface area (Å²) in [5.41, 5.74) is -0.206. The van der Waals surface area contributed by atoms with Crippen LogP contribution in [0.4, 0.5) is 0 Å². The van der Waals surface area contributed by atoms with Crippen molar-refractivity contribution in [3.8, 4) is 0 Å². The predicted octanol–water partition coefficient (Wildman–Crippen LogP) is -2.93. The first-order valence-electron chi connectivity index (χ1n) is 3.21. The zero-order chi connectivity index (χ0) is 9.14. The van der Waals surface area contributed by atoms with Crippen molar-refractivity contribution >= 4 is 11.9 Å². The first kappa shape index (κ1) is 12.2. The van der Waals surface area contributed by atoms with Gasteiger partial charge in [-0.15, -0.1) is 0 Å². The SMILES string of the molecule is N=C([O-])c1ccccc1C(=O)O.[Na+]. The van der Waals surface area contributed by atoms with Gasteiger partial charge in [-0.25, -0.2) is 4.79 Å². The molecule has 0 amide bonds. The van der Waals surface area contributed by atoms with Crippen molar-refractivity contribution in [2.24, 2.45) is 0 Å². The number of nitrogens with one attached hydrogen (secondary N) is 1. The molecule has 4 nitrogen and oxygen atoms in total. The second kappa shape index (κ2) is 5.01. The minimum atomic E-state index is -1.19. The number of rotatable bonds is 2. The molecule has 0 aliphatic carbocycles. The van der Waals surface area contributed by atoms with Crippen LogP contribution in [0.3, 0.4) is 0 Å². The van der Waals surface area contributed by atoms with Gasteiger partial charge in [0.05, 0.1) is 5.56 Å². The molecule has 1 aromatic carbocycles. The largest absolute Gasteiger partial charge is 1.00 e. The van der Waals surface area contributed by atoms with Gasteiger partial charge in [0.2, 0.25) is 0 Å². The third-order valence-corrected chi connectivity index (χ3v) is 1.40. The van der Waals surface area contributed by atoms with Crippen LogP contribution in [0.25, 0.3) is 0 Å². The average Bonchev–Trinajstić information content (AvgIpc) is 2.04. The maximum absolute atomic E-state index is 10.6. The van der Waals surface area contributed by atoms with Gasteiger partial charge in [0.25, 0.3) is 0 Å². The summed E-state index contributed by atoms with van der Waals surface area (Å²) in [5, 5.41) is 25.9. The van der Waals surface area contributed by atoms with E-state index in [2.05, 4.69) is 0 Å². The van der Waals surface area contributed by atoms with Crippen LogP contribution in [0, 0.1) is 5.41 Å². The Hall–Kier alpha value is -0.840. The van der Waals surface area contributed by atoms with Crippen molar-refractivity contribution in [2.45, 2.75) is 0 Å². The third-order valence-electron chi connectivity index (χ3n) is 1.40. The van der Waals surface area contributed by atoms with Gasteiger partial charge in [0.1, 0.15) is 0 Å². The standard InChI is InChI=1S/C8H7NO3.Na/c9-7(10)5-3-1-2-4-6(5)8(11)12;/h1-4H,(H2,9,10)(H,11,12);/q;+1/p-1. The van der Waals surface area contributed by atoms with Crippen LogP contribution in [0.5, 0.6) is 0 Å². The van der Waals surface area contributed by atoms with Gasteiger partial charge < -0.3 is 15.6 Å². The number of carboxylic acid groups (broad SMARTS) is 1. The summed E-state index contributed by atoms with van der Waals surface area (Å²) < 4.78 is 0. The molecule has 0 fully saturated rings. The van der Waals surface area contributed by atoms with Crippen LogP contribution in [-0.2, 0) is 0 Å². The molecule has 1 aromatic rings. The van der Waals surface area contributed by atoms with E-state index in [1.807, 2.05) is 0 Å². The van der Waals surface area contributed by atoms with Gasteiger partial charge in [-0.05, 0) is 17.5 Å². The summed E-state index contributed by atoms with van der Waals surface area (Å²) in [7, 11) is 0. The van der Waals surface area contributed by atoms with E-state index in [-0.39, 0.29) is 40.7 Å². The molecule has 0 unspecified atom stereocenters. The molecule has 62 valence electrons. The number of hydrogen-bond donors (Lipinski definition) is 2. The van der Waals surface area contributed by atoms with Crippen molar-refractivity contribution < 1.29 is 44.6 Å². The Bertz CT molecular complexity index is 305. The Morgan fingerprint density at radius 2 is 1.77 bits per heavy atom. The summed E-state index contributed by atoms with van der Waals surface area (Å²) in [6, 6.07) is 5.65. The molecule has 0 spiro atoms. The summed E-state index contributed by atoms with van der Waals surface area (Å²) in [4.78, 5) is 10.5. The predicted molar refractivity (Wildman–Crippen MR) is 40.2 cm³/mol. The number of benzene rings is 1. The topological polar surface area (TPSA) is 84.2 Å². The van der Waals surface area contributed by atoms with E-state index >= 15 is 0 Å². The van der Waals surface area contributed by atoms with Gasteiger partial charge in [-0.1, -0.05) is 18.2 Å². The summed E-state index contributed by atoms with van der Waals surface area (Å²) >= 11 is 0. The van der Waals surface area contributed by atoms with Crippen LogP contribution in [0.1, 0.15) is 15.9 Å². The van der Waals surface area contributed by atoms with Crippen LogP contribution in [-0.4, -0.2) is 17.0 Å². The molecule has 2 N–H and O–H groups in total. The van der Waals surface area contributed by atoms with Gasteiger partial charge in [0, 0.05) is 0 Å². The Morgan fingerprint density at radius 3 is 2.08 bits per heavy atom. The molecule has 0 atom stereocenters. The van der Waals surface area contributed by atoms with E-state index in [0.29, 0.717) is 0 Å². The number of hydrogen-bond acceptors (Lipinski definition) is 3. The van der Waals surface area contributed by atoms with E-state index in [0.717, 1.165) is 0 Å². The summed E-state index contributed by atoms with van der Waals surface area (Å²) in [6.07, 6.45) is 0. The fraction of sp³-hybridized carbons (Fsp3) is 0. The van der Waals surface area contributed by atoms with E-state index in [1.165, 1.54) is 24.3 Å². The number of aromatic carboxylic acids is 1. The molecular formula is C8H6NNaO3. The first-order valence-corrected chi connectivity index (χ1v) is 3.21. The zero-order valence-electron chi connectivity index (χ0n) is 7.07. The number of carboxylic acids is 1. The van der Waals surface area contributed by atoms with E-state index in [4.69, 9.17) is 10.5 Å². The minimum absolute atomic E-state index is 0. The van der Waals surface area contributed by atoms with E-state index < -0.39 is 11.9 Å². The molecule has 0 saturated heterocycles. The van der Waals surface area contributed by atoms with E-state index in [1.54, 1.807) is 0 Å². The van der Waals surface area contributed by atoms with Crippen molar-refractivity contribution in [3.63, 3.8) is 0 Å². The maximum Gasteiger partial charge on any atom is 1.00 e. The zero-order valence-corrected chi connectivity index (χ0v) is 9.07. The summed E-state index contributed by atoms with van der Waals surface area (Å²) in [6.45, 7) is 0. The Morgan fingerprint density at radius 1 is 1.31 bits per heavy atom. The first-order chi connectivity index (χ1) is 5.63. The van der Waals surface area contributed by atoms with Crippen LogP contribution in [0.2, 0.25) is 0 Å². The Labute approximate surface area is 97.0 Å². The minimum Gasteiger partial charge on any atom is -0.859 e. The molecule has 0 heterocycles. The molecule has 1 rings (SSSR count). The van der Waals surface area contributed by atoms with Crippen molar-refractivity contribution in [2.75, 3.05) is 0 Å². The Balaban J connectivity index is 0.00000144. The molecule has 0 aliphatic rings. The smallest absolute Gasteiger partial charge is 0.859 e. The maximum atomic E-state index is 10.6. The normalized spacial score (nSPS) is 8.62. The van der Waals surface area contributed by atoms with E-state index in [9.17, 15) is 9.90 Å². The average molecular weight is 187 g/mol. The quantitative estimate of drug-likeness (QED) is 0.295. The van der Waals surface area contributed by atoms with Gasteiger partial charge in [0.15, 0.2) is 0 Å². The monoisotopic (exact) mass is 187 g/mol. The van der Waals surface area contributed by atoms with Crippen molar-refractivity contribution in [3.05, 3.63) is 35.4 Å².